The molecule has 37 heavy (non-hydrogen) atoms. The topological polar surface area (TPSA) is 108 Å². The molecule has 0 bridgehead atoms. The van der Waals surface area contributed by atoms with Gasteiger partial charge in [-0.05, 0) is 55.6 Å². The van der Waals surface area contributed by atoms with Crippen molar-refractivity contribution >= 4 is 21.9 Å². The predicted molar refractivity (Wildman–Crippen MR) is 139 cm³/mol. The first-order valence-electron chi connectivity index (χ1n) is 11.7. The van der Waals surface area contributed by atoms with Gasteiger partial charge in [0.05, 0.1) is 29.3 Å². The molecule has 6 aromatic rings. The van der Waals surface area contributed by atoms with Crippen LogP contribution < -0.4 is 4.74 Å². The Morgan fingerprint density at radius 3 is 2.68 bits per heavy atom. The van der Waals surface area contributed by atoms with E-state index in [-0.39, 0.29) is 5.82 Å². The number of H-pyrrole nitrogens is 2. The van der Waals surface area contributed by atoms with Crippen LogP contribution in [0.2, 0.25) is 0 Å². The summed E-state index contributed by atoms with van der Waals surface area (Å²) in [6.45, 7) is 1.20. The first-order chi connectivity index (χ1) is 18.0. The number of rotatable bonds is 7. The van der Waals surface area contributed by atoms with Gasteiger partial charge < -0.3 is 14.6 Å². The predicted octanol–water partition coefficient (Wildman–Crippen LogP) is 4.70. The molecule has 0 aliphatic carbocycles. The van der Waals surface area contributed by atoms with Gasteiger partial charge >= 0.3 is 0 Å². The summed E-state index contributed by atoms with van der Waals surface area (Å²) in [7, 11) is 3.93. The lowest BCUT2D eigenvalue weighted by atomic mass is 10.0. The molecule has 10 heteroatoms. The van der Waals surface area contributed by atoms with Crippen LogP contribution in [-0.4, -0.2) is 67.3 Å². The number of hydrogen-bond donors (Lipinski definition) is 2. The summed E-state index contributed by atoms with van der Waals surface area (Å²) in [5.41, 5.74) is 5.87. The maximum absolute atomic E-state index is 14.5. The van der Waals surface area contributed by atoms with E-state index >= 15 is 0 Å². The third-order valence-corrected chi connectivity index (χ3v) is 6.05. The van der Waals surface area contributed by atoms with Gasteiger partial charge in [-0.2, -0.15) is 5.10 Å². The third-order valence-electron chi connectivity index (χ3n) is 6.05. The number of pyridine rings is 2. The van der Waals surface area contributed by atoms with Crippen molar-refractivity contribution in [1.82, 2.24) is 40.0 Å². The summed E-state index contributed by atoms with van der Waals surface area (Å²) >= 11 is 0. The molecular formula is C27H23FN8O. The van der Waals surface area contributed by atoms with Gasteiger partial charge in [0.2, 0.25) is 0 Å². The minimum absolute atomic E-state index is 0.361. The second-order valence-electron chi connectivity index (χ2n) is 8.91. The maximum Gasteiger partial charge on any atom is 0.138 e. The molecule has 5 aromatic heterocycles. The van der Waals surface area contributed by atoms with E-state index < -0.39 is 0 Å². The fourth-order valence-electron chi connectivity index (χ4n) is 4.25. The molecule has 9 nitrogen and oxygen atoms in total. The van der Waals surface area contributed by atoms with E-state index in [2.05, 4.69) is 35.1 Å². The summed E-state index contributed by atoms with van der Waals surface area (Å²) in [6.07, 6.45) is 8.36. The van der Waals surface area contributed by atoms with E-state index in [0.717, 1.165) is 39.8 Å². The number of ether oxygens (including phenoxy) is 1. The molecule has 5 heterocycles. The van der Waals surface area contributed by atoms with Gasteiger partial charge in [0.15, 0.2) is 0 Å². The Bertz CT molecular complexity index is 1710. The highest BCUT2D eigenvalue weighted by molar-refractivity contribution is 6.00. The van der Waals surface area contributed by atoms with Gasteiger partial charge in [0.25, 0.3) is 0 Å². The Morgan fingerprint density at radius 1 is 0.919 bits per heavy atom. The molecule has 184 valence electrons. The normalized spacial score (nSPS) is 11.6. The van der Waals surface area contributed by atoms with Gasteiger partial charge in [-0.1, -0.05) is 0 Å². The van der Waals surface area contributed by atoms with Gasteiger partial charge in [-0.25, -0.2) is 9.37 Å². The lowest BCUT2D eigenvalue weighted by Crippen LogP contribution is -2.19. The standard InChI is InChI=1S/C27H23FN8O/c1-36(2)7-8-37-18-10-16(9-17(28)11-18)19-3-4-31-27-20(19)12-23(33-27)26-21-13-22(25-14-29-5-6-30-25)32-15-24(21)34-35-26/h3-6,9-15H,7-8H2,1-2H3,(H,31,33)(H,34,35). The Labute approximate surface area is 211 Å². The van der Waals surface area contributed by atoms with Crippen LogP contribution in [0.3, 0.4) is 0 Å². The average molecular weight is 495 g/mol. The molecule has 0 spiro atoms. The second-order valence-corrected chi connectivity index (χ2v) is 8.91. The van der Waals surface area contributed by atoms with Crippen LogP contribution in [-0.2, 0) is 0 Å². The van der Waals surface area contributed by atoms with E-state index in [4.69, 9.17) is 4.74 Å². The quantitative estimate of drug-likeness (QED) is 0.331. The van der Waals surface area contributed by atoms with Gasteiger partial charge in [0.1, 0.15) is 35.2 Å². The van der Waals surface area contributed by atoms with Crippen LogP contribution in [0.4, 0.5) is 4.39 Å². The number of benzene rings is 1. The lowest BCUT2D eigenvalue weighted by molar-refractivity contribution is 0.260. The number of aromatic amines is 2. The first-order valence-corrected chi connectivity index (χ1v) is 11.7. The van der Waals surface area contributed by atoms with Crippen molar-refractivity contribution in [2.24, 2.45) is 0 Å². The smallest absolute Gasteiger partial charge is 0.138 e. The number of hydrogen-bond acceptors (Lipinski definition) is 7. The summed E-state index contributed by atoms with van der Waals surface area (Å²) in [4.78, 5) is 22.8. The summed E-state index contributed by atoms with van der Waals surface area (Å²) < 4.78 is 20.3. The van der Waals surface area contributed by atoms with E-state index in [1.54, 1.807) is 31.0 Å². The van der Waals surface area contributed by atoms with Crippen LogP contribution in [0.1, 0.15) is 0 Å². The zero-order chi connectivity index (χ0) is 25.4. The fourth-order valence-corrected chi connectivity index (χ4v) is 4.25. The van der Waals surface area contributed by atoms with Crippen molar-refractivity contribution < 1.29 is 9.13 Å². The lowest BCUT2D eigenvalue weighted by Gasteiger charge is -2.12. The van der Waals surface area contributed by atoms with Crippen molar-refractivity contribution in [1.29, 1.82) is 0 Å². The number of nitrogens with zero attached hydrogens (tertiary/aromatic N) is 6. The molecule has 0 atom stereocenters. The molecule has 2 N–H and O–H groups in total. The minimum Gasteiger partial charge on any atom is -0.492 e. The zero-order valence-electron chi connectivity index (χ0n) is 20.2. The van der Waals surface area contributed by atoms with Crippen LogP contribution >= 0.6 is 0 Å². The monoisotopic (exact) mass is 494 g/mol. The Hall–Kier alpha value is -4.70. The van der Waals surface area contributed by atoms with Crippen molar-refractivity contribution in [2.45, 2.75) is 0 Å². The molecule has 0 aliphatic rings. The minimum atomic E-state index is -0.361. The number of halogens is 1. The van der Waals surface area contributed by atoms with E-state index in [1.165, 1.54) is 12.1 Å². The van der Waals surface area contributed by atoms with E-state index in [1.807, 2.05) is 43.3 Å². The SMILES string of the molecule is CN(C)CCOc1cc(F)cc(-c2ccnc3[nH]c(-c4n[nH]c5cnc(-c6cnccn6)cc45)cc23)c1. The molecule has 6 rings (SSSR count). The number of aromatic nitrogens is 7. The highest BCUT2D eigenvalue weighted by Crippen LogP contribution is 2.35. The van der Waals surface area contributed by atoms with Gasteiger partial charge in [-0.15, -0.1) is 0 Å². The zero-order valence-corrected chi connectivity index (χ0v) is 20.2. The largest absolute Gasteiger partial charge is 0.492 e. The van der Waals surface area contributed by atoms with Crippen LogP contribution in [0, 0.1) is 5.82 Å². The third kappa shape index (κ3) is 4.50. The fraction of sp³-hybridized carbons (Fsp3) is 0.148. The molecular weight excluding hydrogens is 471 g/mol. The molecule has 0 saturated heterocycles. The van der Waals surface area contributed by atoms with Gasteiger partial charge in [0, 0.05) is 42.0 Å². The molecule has 0 radical (unpaired) electrons. The number of nitrogens with one attached hydrogen (secondary N) is 2. The van der Waals surface area contributed by atoms with E-state index in [0.29, 0.717) is 35.0 Å². The molecule has 1 aromatic carbocycles. The number of fused-ring (bicyclic) bond motifs is 2. The van der Waals surface area contributed by atoms with Crippen molar-refractivity contribution in [3.63, 3.8) is 0 Å². The number of likely N-dealkylation sites (N-methyl/N-ethyl adjacent to an activating group) is 1. The molecule has 0 unspecified atom stereocenters. The van der Waals surface area contributed by atoms with Gasteiger partial charge in [-0.3, -0.25) is 20.1 Å². The molecule has 0 saturated carbocycles. The van der Waals surface area contributed by atoms with Crippen molar-refractivity contribution in [3.05, 3.63) is 73.2 Å². The summed E-state index contributed by atoms with van der Waals surface area (Å²) in [5.74, 6) is 0.125. The molecule has 0 amide bonds. The Kier molecular flexibility index (Phi) is 5.78. The van der Waals surface area contributed by atoms with Crippen LogP contribution in [0.5, 0.6) is 5.75 Å². The Morgan fingerprint density at radius 2 is 1.84 bits per heavy atom. The van der Waals surface area contributed by atoms with Crippen molar-refractivity contribution in [2.75, 3.05) is 27.2 Å². The molecule has 0 aliphatic heterocycles. The highest BCUT2D eigenvalue weighted by atomic mass is 19.1. The Balaban J connectivity index is 1.41. The van der Waals surface area contributed by atoms with Crippen LogP contribution in [0.25, 0.3) is 55.8 Å². The second kappa shape index (κ2) is 9.40. The highest BCUT2D eigenvalue weighted by Gasteiger charge is 2.16. The first kappa shape index (κ1) is 22.7. The maximum atomic E-state index is 14.5. The van der Waals surface area contributed by atoms with Crippen LogP contribution in [0.15, 0.2) is 67.4 Å². The summed E-state index contributed by atoms with van der Waals surface area (Å²) in [5, 5.41) is 9.30. The van der Waals surface area contributed by atoms with Crippen molar-refractivity contribution in [3.8, 4) is 39.7 Å². The summed E-state index contributed by atoms with van der Waals surface area (Å²) in [6, 6.07) is 10.5. The average Bonchev–Trinajstić information content (AvgIpc) is 3.52. The van der Waals surface area contributed by atoms with E-state index in [9.17, 15) is 4.39 Å². The molecule has 0 fully saturated rings.